The average Bonchev–Trinajstić information content (AvgIpc) is 2.48. The Bertz CT molecular complexity index is 530. The van der Waals surface area contributed by atoms with Crippen LogP contribution >= 0.6 is 11.6 Å². The van der Waals surface area contributed by atoms with Crippen molar-refractivity contribution < 1.29 is 14.3 Å². The zero-order chi connectivity index (χ0) is 16.5. The van der Waals surface area contributed by atoms with E-state index in [9.17, 15) is 4.79 Å². The van der Waals surface area contributed by atoms with E-state index in [4.69, 9.17) is 21.1 Å². The van der Waals surface area contributed by atoms with Crippen molar-refractivity contribution in [1.29, 1.82) is 0 Å². The van der Waals surface area contributed by atoms with Gasteiger partial charge in [0.15, 0.2) is 11.5 Å². The third-order valence-corrected chi connectivity index (χ3v) is 3.41. The fourth-order valence-electron chi connectivity index (χ4n) is 1.87. The van der Waals surface area contributed by atoms with Crippen LogP contribution in [0.1, 0.15) is 5.56 Å². The summed E-state index contributed by atoms with van der Waals surface area (Å²) < 4.78 is 10.4. The molecule has 1 N–H and O–H groups in total. The lowest BCUT2D eigenvalue weighted by molar-refractivity contribution is -0.116. The van der Waals surface area contributed by atoms with Crippen LogP contribution in [0.4, 0.5) is 0 Å². The number of methoxy groups -OCH3 is 2. The molecule has 6 heteroatoms. The van der Waals surface area contributed by atoms with E-state index < -0.39 is 0 Å². The fourth-order valence-corrected chi connectivity index (χ4v) is 2.20. The molecule has 0 aliphatic heterocycles. The Kier molecular flexibility index (Phi) is 7.77. The number of carbonyl (C=O) groups excluding carboxylic acids is 1. The monoisotopic (exact) mass is 326 g/mol. The van der Waals surface area contributed by atoms with Crippen LogP contribution in [-0.2, 0) is 11.2 Å². The molecule has 0 heterocycles. The number of likely N-dealkylation sites (N-methyl/N-ethyl adjacent to an activating group) is 1. The zero-order valence-electron chi connectivity index (χ0n) is 13.5. The van der Waals surface area contributed by atoms with Crippen LogP contribution in [0, 0.1) is 0 Å². The van der Waals surface area contributed by atoms with E-state index in [1.165, 1.54) is 6.08 Å². The van der Waals surface area contributed by atoms with Crippen molar-refractivity contribution in [2.75, 3.05) is 41.4 Å². The predicted octanol–water partition coefficient (Wildman–Crippen LogP) is 2.13. The lowest BCUT2D eigenvalue weighted by Gasteiger charge is -2.12. The molecule has 0 fully saturated rings. The lowest BCUT2D eigenvalue weighted by atomic mass is 10.1. The summed E-state index contributed by atoms with van der Waals surface area (Å²) in [5.41, 5.74) is 0.900. The number of nitrogens with zero attached hydrogens (tertiary/aromatic N) is 1. The van der Waals surface area contributed by atoms with Crippen molar-refractivity contribution in [1.82, 2.24) is 10.2 Å². The van der Waals surface area contributed by atoms with E-state index in [0.717, 1.165) is 12.1 Å². The molecule has 1 aromatic rings. The van der Waals surface area contributed by atoms with Gasteiger partial charge in [-0.2, -0.15) is 0 Å². The molecule has 0 radical (unpaired) electrons. The smallest absolute Gasteiger partial charge is 0.243 e. The van der Waals surface area contributed by atoms with Gasteiger partial charge in [0.1, 0.15) is 0 Å². The molecule has 0 unspecified atom stereocenters. The molecule has 1 rings (SSSR count). The molecular weight excluding hydrogens is 304 g/mol. The Morgan fingerprint density at radius 2 is 2.05 bits per heavy atom. The predicted molar refractivity (Wildman–Crippen MR) is 89.0 cm³/mol. The molecule has 0 spiro atoms. The Hall–Kier alpha value is -1.72. The first-order valence-corrected chi connectivity index (χ1v) is 7.35. The first kappa shape index (κ1) is 18.3. The van der Waals surface area contributed by atoms with E-state index in [1.54, 1.807) is 20.3 Å². The average molecular weight is 327 g/mol. The molecule has 1 amide bonds. The van der Waals surface area contributed by atoms with E-state index in [0.29, 0.717) is 29.5 Å². The number of rotatable bonds is 8. The maximum atomic E-state index is 11.6. The van der Waals surface area contributed by atoms with Crippen LogP contribution in [0.3, 0.4) is 0 Å². The second-order valence-corrected chi connectivity index (χ2v) is 5.36. The molecule has 0 saturated heterocycles. The normalized spacial score (nSPS) is 11.0. The minimum atomic E-state index is -0.113. The van der Waals surface area contributed by atoms with Crippen LogP contribution < -0.4 is 14.8 Å². The van der Waals surface area contributed by atoms with Gasteiger partial charge in [0.2, 0.25) is 5.91 Å². The molecule has 122 valence electrons. The first-order chi connectivity index (χ1) is 10.5. The van der Waals surface area contributed by atoms with Crippen molar-refractivity contribution in [3.63, 3.8) is 0 Å². The minimum absolute atomic E-state index is 0.113. The van der Waals surface area contributed by atoms with E-state index in [1.807, 2.05) is 31.1 Å². The molecule has 22 heavy (non-hydrogen) atoms. The van der Waals surface area contributed by atoms with Gasteiger partial charge in [0, 0.05) is 19.2 Å². The summed E-state index contributed by atoms with van der Waals surface area (Å²) in [6.45, 7) is 1.23. The largest absolute Gasteiger partial charge is 0.493 e. The van der Waals surface area contributed by atoms with Crippen LogP contribution in [-0.4, -0.2) is 52.2 Å². The van der Waals surface area contributed by atoms with Crippen molar-refractivity contribution in [3.8, 4) is 11.5 Å². The number of halogens is 1. The molecule has 0 saturated carbocycles. The number of amides is 1. The fraction of sp³-hybridized carbons (Fsp3) is 0.438. The number of ether oxygens (including phenoxy) is 2. The summed E-state index contributed by atoms with van der Waals surface area (Å²) in [6.07, 6.45) is 3.97. The van der Waals surface area contributed by atoms with Gasteiger partial charge in [0.05, 0.1) is 19.2 Å². The zero-order valence-corrected chi connectivity index (χ0v) is 14.2. The van der Waals surface area contributed by atoms with Crippen molar-refractivity contribution in [2.24, 2.45) is 0 Å². The van der Waals surface area contributed by atoms with Gasteiger partial charge in [0.25, 0.3) is 0 Å². The number of nitrogens with one attached hydrogen (secondary N) is 1. The Labute approximate surface area is 136 Å². The lowest BCUT2D eigenvalue weighted by Crippen LogP contribution is -2.24. The van der Waals surface area contributed by atoms with Gasteiger partial charge < -0.3 is 19.7 Å². The summed E-state index contributed by atoms with van der Waals surface area (Å²) in [4.78, 5) is 13.6. The molecular formula is C16H23ClN2O3. The second kappa shape index (κ2) is 9.33. The SMILES string of the molecule is COc1ccc(CCNC(=O)/C=C/CN(C)C)c(Cl)c1OC. The summed E-state index contributed by atoms with van der Waals surface area (Å²) in [5.74, 6) is 0.990. The van der Waals surface area contributed by atoms with Gasteiger partial charge in [-0.1, -0.05) is 23.7 Å². The number of benzene rings is 1. The van der Waals surface area contributed by atoms with E-state index >= 15 is 0 Å². The molecule has 0 aromatic heterocycles. The molecule has 0 aliphatic rings. The highest BCUT2D eigenvalue weighted by Gasteiger charge is 2.12. The summed E-state index contributed by atoms with van der Waals surface area (Å²) in [5, 5.41) is 3.34. The molecule has 0 aliphatic carbocycles. The first-order valence-electron chi connectivity index (χ1n) is 6.98. The number of carbonyl (C=O) groups is 1. The summed E-state index contributed by atoms with van der Waals surface area (Å²) in [7, 11) is 7.00. The van der Waals surface area contributed by atoms with Gasteiger partial charge in [-0.15, -0.1) is 0 Å². The second-order valence-electron chi connectivity index (χ2n) is 4.98. The Balaban J connectivity index is 2.55. The Morgan fingerprint density at radius 1 is 1.32 bits per heavy atom. The molecule has 0 bridgehead atoms. The number of hydrogen-bond donors (Lipinski definition) is 1. The van der Waals surface area contributed by atoms with Gasteiger partial charge in [-0.25, -0.2) is 0 Å². The van der Waals surface area contributed by atoms with Crippen LogP contribution in [0.15, 0.2) is 24.3 Å². The van der Waals surface area contributed by atoms with E-state index in [2.05, 4.69) is 5.32 Å². The molecule has 0 atom stereocenters. The van der Waals surface area contributed by atoms with E-state index in [-0.39, 0.29) is 5.91 Å². The highest BCUT2D eigenvalue weighted by molar-refractivity contribution is 6.33. The van der Waals surface area contributed by atoms with Crippen LogP contribution in [0.2, 0.25) is 5.02 Å². The van der Waals surface area contributed by atoms with Gasteiger partial charge in [-0.05, 0) is 32.1 Å². The van der Waals surface area contributed by atoms with Crippen molar-refractivity contribution >= 4 is 17.5 Å². The highest BCUT2D eigenvalue weighted by Crippen LogP contribution is 2.37. The quantitative estimate of drug-likeness (QED) is 0.744. The third kappa shape index (κ3) is 5.58. The van der Waals surface area contributed by atoms with Crippen molar-refractivity contribution in [2.45, 2.75) is 6.42 Å². The highest BCUT2D eigenvalue weighted by atomic mass is 35.5. The maximum Gasteiger partial charge on any atom is 0.243 e. The molecule has 1 aromatic carbocycles. The minimum Gasteiger partial charge on any atom is -0.493 e. The summed E-state index contributed by atoms with van der Waals surface area (Å²) in [6, 6.07) is 3.68. The Morgan fingerprint density at radius 3 is 2.64 bits per heavy atom. The maximum absolute atomic E-state index is 11.6. The van der Waals surface area contributed by atoms with Gasteiger partial charge >= 0.3 is 0 Å². The van der Waals surface area contributed by atoms with Gasteiger partial charge in [-0.3, -0.25) is 4.79 Å². The van der Waals surface area contributed by atoms with Crippen molar-refractivity contribution in [3.05, 3.63) is 34.9 Å². The molecule has 5 nitrogen and oxygen atoms in total. The summed E-state index contributed by atoms with van der Waals surface area (Å²) >= 11 is 6.29. The van der Waals surface area contributed by atoms with Crippen LogP contribution in [0.5, 0.6) is 11.5 Å². The third-order valence-electron chi connectivity index (χ3n) is 3.00. The van der Waals surface area contributed by atoms with Crippen LogP contribution in [0.25, 0.3) is 0 Å². The number of hydrogen-bond acceptors (Lipinski definition) is 4. The standard InChI is InChI=1S/C16H23ClN2O3/c1-19(2)11-5-6-14(20)18-10-9-12-7-8-13(21-3)16(22-4)15(12)17/h5-8H,9-11H2,1-4H3,(H,18,20)/b6-5+. The topological polar surface area (TPSA) is 50.8 Å².